The quantitative estimate of drug-likeness (QED) is 0.935. The summed E-state index contributed by atoms with van der Waals surface area (Å²) in [6.45, 7) is 0. The van der Waals surface area contributed by atoms with Gasteiger partial charge in [0.15, 0.2) is 0 Å². The highest BCUT2D eigenvalue weighted by Crippen LogP contribution is 2.34. The molecule has 0 radical (unpaired) electrons. The van der Waals surface area contributed by atoms with Crippen LogP contribution in [-0.2, 0) is 10.0 Å². The maximum Gasteiger partial charge on any atom is 0.240 e. The molecule has 0 saturated heterocycles. The minimum Gasteiger partial charge on any atom is -0.263 e. The van der Waals surface area contributed by atoms with Crippen molar-refractivity contribution in [1.29, 1.82) is 0 Å². The van der Waals surface area contributed by atoms with Gasteiger partial charge in [0.1, 0.15) is 4.90 Å². The fraction of sp³-hybridized carbons (Fsp3) is 0. The number of pyridine rings is 1. The van der Waals surface area contributed by atoms with Gasteiger partial charge in [0.2, 0.25) is 10.0 Å². The van der Waals surface area contributed by atoms with Gasteiger partial charge in [-0.3, -0.25) is 4.98 Å². The van der Waals surface area contributed by atoms with Crippen molar-refractivity contribution in [2.75, 3.05) is 0 Å². The highest BCUT2D eigenvalue weighted by molar-refractivity contribution is 8.00. The number of aromatic nitrogens is 1. The van der Waals surface area contributed by atoms with Crippen molar-refractivity contribution in [3.63, 3.8) is 0 Å². The van der Waals surface area contributed by atoms with Gasteiger partial charge in [0.25, 0.3) is 0 Å². The van der Waals surface area contributed by atoms with E-state index in [9.17, 15) is 8.42 Å². The van der Waals surface area contributed by atoms with E-state index in [-0.39, 0.29) is 4.90 Å². The van der Waals surface area contributed by atoms with Crippen molar-refractivity contribution in [1.82, 2.24) is 4.98 Å². The first kappa shape index (κ1) is 14.6. The second kappa shape index (κ2) is 5.68. The summed E-state index contributed by atoms with van der Waals surface area (Å²) in [4.78, 5) is 4.98. The fourth-order valence-electron chi connectivity index (χ4n) is 1.33. The van der Waals surface area contributed by atoms with Gasteiger partial charge in [0.05, 0.1) is 10.0 Å². The summed E-state index contributed by atoms with van der Waals surface area (Å²) in [6, 6.07) is 6.62. The molecule has 0 saturated carbocycles. The Labute approximate surface area is 125 Å². The molecule has 0 spiro atoms. The molecule has 0 unspecified atom stereocenters. The number of hydrogen-bond acceptors (Lipinski definition) is 4. The maximum atomic E-state index is 11.4. The van der Waals surface area contributed by atoms with Gasteiger partial charge in [-0.25, -0.2) is 13.6 Å². The lowest BCUT2D eigenvalue weighted by Crippen LogP contribution is -2.13. The van der Waals surface area contributed by atoms with Crippen molar-refractivity contribution >= 4 is 45.0 Å². The summed E-state index contributed by atoms with van der Waals surface area (Å²) in [5.41, 5.74) is 0. The molecule has 0 fully saturated rings. The predicted molar refractivity (Wildman–Crippen MR) is 76.2 cm³/mol. The Hall–Kier alpha value is -0.790. The van der Waals surface area contributed by atoms with Crippen molar-refractivity contribution in [3.8, 4) is 0 Å². The molecule has 2 aromatic rings. The van der Waals surface area contributed by atoms with Crippen LogP contribution < -0.4 is 5.14 Å². The Kier molecular flexibility index (Phi) is 4.37. The van der Waals surface area contributed by atoms with Crippen molar-refractivity contribution in [2.24, 2.45) is 5.14 Å². The number of rotatable bonds is 3. The van der Waals surface area contributed by atoms with E-state index in [0.717, 1.165) is 4.90 Å². The number of hydrogen-bond donors (Lipinski definition) is 1. The van der Waals surface area contributed by atoms with E-state index in [1.165, 1.54) is 24.2 Å². The highest BCUT2D eigenvalue weighted by Gasteiger charge is 2.15. The SMILES string of the molecule is NS(=O)(=O)c1cnccc1Sc1ccc(Cl)c(Cl)c1. The maximum absolute atomic E-state index is 11.4. The molecule has 19 heavy (non-hydrogen) atoms. The van der Waals surface area contributed by atoms with Gasteiger partial charge in [0, 0.05) is 22.2 Å². The number of sulfonamides is 1. The van der Waals surface area contributed by atoms with Crippen LogP contribution >= 0.6 is 35.0 Å². The lowest BCUT2D eigenvalue weighted by Gasteiger charge is -2.07. The largest absolute Gasteiger partial charge is 0.263 e. The van der Waals surface area contributed by atoms with Crippen LogP contribution in [0.25, 0.3) is 0 Å². The molecule has 8 heteroatoms. The Morgan fingerprint density at radius 3 is 2.53 bits per heavy atom. The molecule has 0 aliphatic rings. The average Bonchev–Trinajstić information content (AvgIpc) is 2.33. The molecule has 0 aliphatic carbocycles. The summed E-state index contributed by atoms with van der Waals surface area (Å²) < 4.78 is 22.9. The van der Waals surface area contributed by atoms with Crippen LogP contribution in [0, 0.1) is 0 Å². The van der Waals surface area contributed by atoms with Gasteiger partial charge < -0.3 is 0 Å². The van der Waals surface area contributed by atoms with Crippen molar-refractivity contribution in [3.05, 3.63) is 46.7 Å². The minimum absolute atomic E-state index is 0.0222. The van der Waals surface area contributed by atoms with Crippen LogP contribution in [0.3, 0.4) is 0 Å². The van der Waals surface area contributed by atoms with E-state index in [0.29, 0.717) is 14.9 Å². The van der Waals surface area contributed by atoms with E-state index in [1.807, 2.05) is 0 Å². The molecule has 0 aliphatic heterocycles. The van der Waals surface area contributed by atoms with E-state index in [4.69, 9.17) is 28.3 Å². The number of primary sulfonamides is 1. The van der Waals surface area contributed by atoms with Gasteiger partial charge in [-0.2, -0.15) is 0 Å². The van der Waals surface area contributed by atoms with Crippen LogP contribution in [0.15, 0.2) is 51.3 Å². The molecule has 2 rings (SSSR count). The standard InChI is InChI=1S/C11H8Cl2N2O2S2/c12-8-2-1-7(5-9(8)13)18-10-3-4-15-6-11(10)19(14,16)17/h1-6H,(H2,14,16,17). The topological polar surface area (TPSA) is 73.1 Å². The van der Waals surface area contributed by atoms with Gasteiger partial charge >= 0.3 is 0 Å². The van der Waals surface area contributed by atoms with E-state index >= 15 is 0 Å². The monoisotopic (exact) mass is 334 g/mol. The molecule has 1 aromatic carbocycles. The molecule has 1 aromatic heterocycles. The normalized spacial score (nSPS) is 11.5. The van der Waals surface area contributed by atoms with Crippen LogP contribution in [0.4, 0.5) is 0 Å². The highest BCUT2D eigenvalue weighted by atomic mass is 35.5. The first-order chi connectivity index (χ1) is 8.88. The molecule has 0 amide bonds. The molecule has 0 bridgehead atoms. The summed E-state index contributed by atoms with van der Waals surface area (Å²) in [5, 5.41) is 5.98. The third-order valence-corrected chi connectivity index (χ3v) is 5.04. The summed E-state index contributed by atoms with van der Waals surface area (Å²) in [5.74, 6) is 0. The third-order valence-electron chi connectivity index (χ3n) is 2.17. The fourth-order valence-corrected chi connectivity index (χ4v) is 3.57. The lowest BCUT2D eigenvalue weighted by molar-refractivity contribution is 0.595. The van der Waals surface area contributed by atoms with Crippen LogP contribution in [0.1, 0.15) is 0 Å². The van der Waals surface area contributed by atoms with E-state index in [2.05, 4.69) is 4.98 Å². The Balaban J connectivity index is 2.41. The Morgan fingerprint density at radius 2 is 1.89 bits per heavy atom. The van der Waals surface area contributed by atoms with Crippen molar-refractivity contribution in [2.45, 2.75) is 14.7 Å². The smallest absolute Gasteiger partial charge is 0.240 e. The third kappa shape index (κ3) is 3.61. The first-order valence-electron chi connectivity index (χ1n) is 4.97. The summed E-state index contributed by atoms with van der Waals surface area (Å²) in [6.07, 6.45) is 2.71. The van der Waals surface area contributed by atoms with Crippen molar-refractivity contribution < 1.29 is 8.42 Å². The van der Waals surface area contributed by atoms with Crippen LogP contribution in [0.2, 0.25) is 10.0 Å². The second-order valence-corrected chi connectivity index (χ2v) is 7.00. The lowest BCUT2D eigenvalue weighted by atomic mass is 10.4. The second-order valence-electron chi connectivity index (χ2n) is 3.55. The zero-order chi connectivity index (χ0) is 14.0. The van der Waals surface area contributed by atoms with Crippen LogP contribution in [0.5, 0.6) is 0 Å². The predicted octanol–water partition coefficient (Wildman–Crippen LogP) is 3.19. The molecule has 0 atom stereocenters. The number of benzene rings is 1. The number of nitrogens with two attached hydrogens (primary N) is 1. The van der Waals surface area contributed by atoms with Gasteiger partial charge in [-0.15, -0.1) is 0 Å². The van der Waals surface area contributed by atoms with Gasteiger partial charge in [-0.05, 0) is 24.3 Å². The average molecular weight is 335 g/mol. The molecule has 100 valence electrons. The summed E-state index contributed by atoms with van der Waals surface area (Å²) >= 11 is 13.0. The molecule has 2 N–H and O–H groups in total. The summed E-state index contributed by atoms with van der Waals surface area (Å²) in [7, 11) is -3.81. The first-order valence-corrected chi connectivity index (χ1v) is 8.09. The van der Waals surface area contributed by atoms with Crippen LogP contribution in [-0.4, -0.2) is 13.4 Å². The van der Waals surface area contributed by atoms with E-state index < -0.39 is 10.0 Å². The van der Waals surface area contributed by atoms with Gasteiger partial charge in [-0.1, -0.05) is 35.0 Å². The number of nitrogens with zero attached hydrogens (tertiary/aromatic N) is 1. The van der Waals surface area contributed by atoms with E-state index in [1.54, 1.807) is 24.3 Å². The number of halogens is 2. The zero-order valence-corrected chi connectivity index (χ0v) is 12.5. The molecule has 4 nitrogen and oxygen atoms in total. The zero-order valence-electron chi connectivity index (χ0n) is 9.38. The Bertz CT molecular complexity index is 720. The molecular formula is C11H8Cl2N2O2S2. The molecule has 1 heterocycles. The minimum atomic E-state index is -3.81. The molecular weight excluding hydrogens is 327 g/mol. The Morgan fingerprint density at radius 1 is 1.16 bits per heavy atom.